The third-order valence-electron chi connectivity index (χ3n) is 2.48. The summed E-state index contributed by atoms with van der Waals surface area (Å²) < 4.78 is 2.21. The maximum atomic E-state index is 6.74. The van der Waals surface area contributed by atoms with Crippen molar-refractivity contribution in [3.8, 4) is 0 Å². The lowest BCUT2D eigenvalue weighted by molar-refractivity contribution is 0.789. The summed E-state index contributed by atoms with van der Waals surface area (Å²) in [6.07, 6.45) is 3.36. The number of hydrogen-bond acceptors (Lipinski definition) is 0. The van der Waals surface area contributed by atoms with E-state index < -0.39 is 0 Å². The van der Waals surface area contributed by atoms with Gasteiger partial charge in [-0.15, -0.1) is 0 Å². The van der Waals surface area contributed by atoms with Gasteiger partial charge in [0.2, 0.25) is 0 Å². The smallest absolute Gasteiger partial charge is 0.156 e. The van der Waals surface area contributed by atoms with Crippen molar-refractivity contribution in [1.82, 2.24) is 4.57 Å². The lowest BCUT2D eigenvalue weighted by Gasteiger charge is -2.03. The summed E-state index contributed by atoms with van der Waals surface area (Å²) >= 11 is 0. The lowest BCUT2D eigenvalue weighted by atomic mass is 10.2. The maximum Gasteiger partial charge on any atom is 0.156 e. The molecule has 2 rings (SSSR count). The quantitative estimate of drug-likeness (QED) is 0.650. The highest BCUT2D eigenvalue weighted by molar-refractivity contribution is 5.83. The van der Waals surface area contributed by atoms with E-state index in [1.165, 1.54) is 17.1 Å². The van der Waals surface area contributed by atoms with Crippen molar-refractivity contribution >= 4 is 17.0 Å². The van der Waals surface area contributed by atoms with Crippen LogP contribution in [0.4, 0.5) is 0 Å². The topological polar surface area (TPSA) is 9.29 Å². The number of rotatable bonds is 2. The number of nitrogens with zero attached hydrogens (tertiary/aromatic N) is 2. The summed E-state index contributed by atoms with van der Waals surface area (Å²) in [4.78, 5) is 3.23. The van der Waals surface area contributed by atoms with Crippen LogP contribution in [0.1, 0.15) is 12.6 Å². The lowest BCUT2D eigenvalue weighted by Crippen LogP contribution is -1.95. The molecule has 2 nitrogen and oxygen atoms in total. The highest BCUT2D eigenvalue weighted by Gasteiger charge is 2.03. The van der Waals surface area contributed by atoms with Crippen molar-refractivity contribution in [2.24, 2.45) is 0 Å². The van der Waals surface area contributed by atoms with Gasteiger partial charge in [-0.2, -0.15) is 0 Å². The first-order valence-corrected chi connectivity index (χ1v) is 4.98. The molecule has 0 aliphatic rings. The monoisotopic (exact) mass is 196 g/mol. The fraction of sp³-hybridized carbons (Fsp3) is 0.154. The molecular formula is C13H12N2. The number of para-hydroxylation sites is 1. The van der Waals surface area contributed by atoms with E-state index in [9.17, 15) is 0 Å². The Bertz CT molecular complexity index is 541. The van der Waals surface area contributed by atoms with Crippen LogP contribution < -0.4 is 0 Å². The van der Waals surface area contributed by atoms with Gasteiger partial charge in [-0.1, -0.05) is 18.2 Å². The zero-order valence-electron chi connectivity index (χ0n) is 8.64. The summed E-state index contributed by atoms with van der Waals surface area (Å²) in [5.41, 5.74) is 2.32. The van der Waals surface area contributed by atoms with E-state index in [1.54, 1.807) is 0 Å². The first-order valence-electron chi connectivity index (χ1n) is 4.98. The zero-order chi connectivity index (χ0) is 10.7. The number of benzene rings is 1. The predicted molar refractivity (Wildman–Crippen MR) is 63.2 cm³/mol. The highest BCUT2D eigenvalue weighted by atomic mass is 15.0. The van der Waals surface area contributed by atoms with Crippen molar-refractivity contribution in [3.63, 3.8) is 0 Å². The molecule has 0 unspecified atom stereocenters. The van der Waals surface area contributed by atoms with E-state index in [1.807, 2.05) is 18.2 Å². The standard InChI is InChI=1S/C13H12N2/c1-3-15-12(8-9-14-2)10-11-6-4-5-7-13(11)15/h4-10H,3H2,1H3. The van der Waals surface area contributed by atoms with Crippen molar-refractivity contribution in [2.75, 3.05) is 0 Å². The molecule has 0 atom stereocenters. The number of aromatic nitrogens is 1. The van der Waals surface area contributed by atoms with Crippen LogP contribution in [0.5, 0.6) is 0 Å². The molecule has 2 heteroatoms. The third-order valence-corrected chi connectivity index (χ3v) is 2.48. The van der Waals surface area contributed by atoms with Gasteiger partial charge in [0.05, 0.1) is 6.57 Å². The fourth-order valence-corrected chi connectivity index (χ4v) is 1.84. The average molecular weight is 196 g/mol. The molecular weight excluding hydrogens is 184 g/mol. The average Bonchev–Trinajstić information content (AvgIpc) is 2.63. The Balaban J connectivity index is 2.65. The van der Waals surface area contributed by atoms with Crippen LogP contribution in [-0.2, 0) is 6.54 Å². The Morgan fingerprint density at radius 2 is 2.20 bits per heavy atom. The van der Waals surface area contributed by atoms with Crippen LogP contribution in [0.3, 0.4) is 0 Å². The van der Waals surface area contributed by atoms with Gasteiger partial charge in [-0.3, -0.25) is 0 Å². The van der Waals surface area contributed by atoms with Crippen molar-refractivity contribution < 1.29 is 0 Å². The molecule has 74 valence electrons. The summed E-state index contributed by atoms with van der Waals surface area (Å²) in [6, 6.07) is 10.4. The molecule has 15 heavy (non-hydrogen) atoms. The van der Waals surface area contributed by atoms with Crippen LogP contribution in [0.2, 0.25) is 0 Å². The molecule has 0 bridgehead atoms. The minimum Gasteiger partial charge on any atom is -0.342 e. The van der Waals surface area contributed by atoms with E-state index in [0.29, 0.717) is 0 Å². The normalized spacial score (nSPS) is 10.9. The van der Waals surface area contributed by atoms with E-state index in [-0.39, 0.29) is 0 Å². The number of hydrogen-bond donors (Lipinski definition) is 0. The molecule has 0 radical (unpaired) electrons. The van der Waals surface area contributed by atoms with Crippen LogP contribution >= 0.6 is 0 Å². The van der Waals surface area contributed by atoms with Crippen molar-refractivity contribution in [1.29, 1.82) is 0 Å². The highest BCUT2D eigenvalue weighted by Crippen LogP contribution is 2.20. The Kier molecular flexibility index (Phi) is 2.55. The van der Waals surface area contributed by atoms with Crippen LogP contribution in [-0.4, -0.2) is 4.57 Å². The van der Waals surface area contributed by atoms with E-state index in [4.69, 9.17) is 6.57 Å². The van der Waals surface area contributed by atoms with Gasteiger partial charge in [0.25, 0.3) is 0 Å². The van der Waals surface area contributed by atoms with Crippen LogP contribution in [0.25, 0.3) is 21.8 Å². The molecule has 2 aromatic rings. The van der Waals surface area contributed by atoms with Crippen molar-refractivity contribution in [3.05, 3.63) is 53.6 Å². The summed E-state index contributed by atoms with van der Waals surface area (Å²) in [5.74, 6) is 0. The minimum absolute atomic E-state index is 0.922. The first kappa shape index (κ1) is 9.54. The Hall–Kier alpha value is -2.01. The maximum absolute atomic E-state index is 6.74. The van der Waals surface area contributed by atoms with Gasteiger partial charge in [0.1, 0.15) is 0 Å². The minimum atomic E-state index is 0.922. The second-order valence-electron chi connectivity index (χ2n) is 3.32. The van der Waals surface area contributed by atoms with Gasteiger partial charge < -0.3 is 4.57 Å². The van der Waals surface area contributed by atoms with Crippen LogP contribution in [0.15, 0.2) is 36.5 Å². The number of aryl methyl sites for hydroxylation is 1. The molecule has 0 aliphatic carbocycles. The van der Waals surface area contributed by atoms with Gasteiger partial charge >= 0.3 is 0 Å². The number of fused-ring (bicyclic) bond motifs is 1. The predicted octanol–water partition coefficient (Wildman–Crippen LogP) is 3.55. The Labute approximate surface area is 89.3 Å². The first-order chi connectivity index (χ1) is 7.36. The van der Waals surface area contributed by atoms with Gasteiger partial charge in [0.15, 0.2) is 6.20 Å². The second-order valence-corrected chi connectivity index (χ2v) is 3.32. The van der Waals surface area contributed by atoms with E-state index in [0.717, 1.165) is 12.2 Å². The molecule has 0 N–H and O–H groups in total. The Morgan fingerprint density at radius 3 is 2.93 bits per heavy atom. The summed E-state index contributed by atoms with van der Waals surface area (Å²) in [5, 5.41) is 1.23. The molecule has 0 spiro atoms. The second kappa shape index (κ2) is 4.02. The summed E-state index contributed by atoms with van der Waals surface area (Å²) in [6.45, 7) is 9.78. The van der Waals surface area contributed by atoms with E-state index in [2.05, 4.69) is 34.5 Å². The molecule has 0 fully saturated rings. The molecule has 1 heterocycles. The molecule has 1 aromatic carbocycles. The SMILES string of the molecule is [C-]#[N+]C=Cc1cc2ccccc2n1CC. The molecule has 0 saturated heterocycles. The zero-order valence-corrected chi connectivity index (χ0v) is 8.64. The van der Waals surface area contributed by atoms with Gasteiger partial charge in [-0.05, 0) is 25.1 Å². The van der Waals surface area contributed by atoms with Gasteiger partial charge in [0, 0.05) is 23.1 Å². The molecule has 1 aromatic heterocycles. The molecule has 0 saturated carbocycles. The largest absolute Gasteiger partial charge is 0.342 e. The third kappa shape index (κ3) is 1.64. The van der Waals surface area contributed by atoms with E-state index >= 15 is 0 Å². The summed E-state index contributed by atoms with van der Waals surface area (Å²) in [7, 11) is 0. The van der Waals surface area contributed by atoms with Crippen LogP contribution in [0, 0.1) is 6.57 Å². The molecule has 0 aliphatic heterocycles. The van der Waals surface area contributed by atoms with Crippen molar-refractivity contribution in [2.45, 2.75) is 13.5 Å². The Morgan fingerprint density at radius 1 is 1.40 bits per heavy atom. The van der Waals surface area contributed by atoms with Gasteiger partial charge in [-0.25, -0.2) is 4.85 Å². The molecule has 0 amide bonds. The fourth-order valence-electron chi connectivity index (χ4n) is 1.84.